The first-order valence-electron chi connectivity index (χ1n) is 6.32. The molecule has 6 heteroatoms. The summed E-state index contributed by atoms with van der Waals surface area (Å²) in [4.78, 5) is 5.19. The van der Waals surface area contributed by atoms with E-state index < -0.39 is 0 Å². The minimum Gasteiger partial charge on any atom is -0.493 e. The largest absolute Gasteiger partial charge is 0.493 e. The quantitative estimate of drug-likeness (QED) is 0.640. The molecule has 0 aliphatic rings. The van der Waals surface area contributed by atoms with E-state index in [0.29, 0.717) is 11.7 Å². The second-order valence-corrected chi connectivity index (χ2v) is 5.48. The lowest BCUT2D eigenvalue weighted by Gasteiger charge is -2.14. The van der Waals surface area contributed by atoms with Crippen molar-refractivity contribution in [2.45, 2.75) is 11.4 Å². The van der Waals surface area contributed by atoms with Crippen LogP contribution in [0.25, 0.3) is 0 Å². The van der Waals surface area contributed by atoms with Crippen molar-refractivity contribution in [1.82, 2.24) is 4.98 Å². The summed E-state index contributed by atoms with van der Waals surface area (Å²) in [7, 11) is 3.27. The maximum Gasteiger partial charge on any atom is 0.161 e. The number of benzene rings is 1. The third-order valence-corrected chi connectivity index (χ3v) is 4.04. The number of nitrogens with zero attached hydrogens (tertiary/aromatic N) is 1. The summed E-state index contributed by atoms with van der Waals surface area (Å²) in [5.41, 5.74) is 2.05. The van der Waals surface area contributed by atoms with Gasteiger partial charge in [-0.25, -0.2) is 4.98 Å². The highest BCUT2D eigenvalue weighted by atomic mass is 35.5. The average molecular weight is 325 g/mol. The molecule has 4 nitrogen and oxygen atoms in total. The number of halogens is 1. The van der Waals surface area contributed by atoms with Gasteiger partial charge in [0.1, 0.15) is 5.15 Å². The molecule has 0 fully saturated rings. The molecule has 1 aromatic heterocycles. The van der Waals surface area contributed by atoms with Crippen LogP contribution < -0.4 is 14.8 Å². The van der Waals surface area contributed by atoms with E-state index in [-0.39, 0.29) is 0 Å². The van der Waals surface area contributed by atoms with Gasteiger partial charge in [-0.2, -0.15) is 0 Å². The topological polar surface area (TPSA) is 43.4 Å². The molecule has 0 saturated heterocycles. The van der Waals surface area contributed by atoms with Crippen molar-refractivity contribution in [2.75, 3.05) is 25.8 Å². The fourth-order valence-corrected chi connectivity index (χ4v) is 2.64. The Morgan fingerprint density at radius 3 is 2.48 bits per heavy atom. The summed E-state index contributed by atoms with van der Waals surface area (Å²) < 4.78 is 10.7. The van der Waals surface area contributed by atoms with E-state index in [1.165, 1.54) is 0 Å². The molecule has 1 heterocycles. The predicted octanol–water partition coefficient (Wildman–Crippen LogP) is 4.09. The molecule has 112 valence electrons. The van der Waals surface area contributed by atoms with E-state index >= 15 is 0 Å². The second-order valence-electron chi connectivity index (χ2n) is 4.24. The molecule has 0 saturated carbocycles. The molecule has 21 heavy (non-hydrogen) atoms. The Bertz CT molecular complexity index is 605. The zero-order valence-electron chi connectivity index (χ0n) is 12.1. The lowest BCUT2D eigenvalue weighted by atomic mass is 10.2. The van der Waals surface area contributed by atoms with Gasteiger partial charge in [-0.05, 0) is 36.1 Å². The number of anilines is 1. The number of rotatable bonds is 6. The van der Waals surface area contributed by atoms with Crippen LogP contribution in [-0.4, -0.2) is 25.5 Å². The third-order valence-electron chi connectivity index (χ3n) is 3.00. The van der Waals surface area contributed by atoms with Gasteiger partial charge in [0, 0.05) is 11.4 Å². The summed E-state index contributed by atoms with van der Waals surface area (Å²) in [6.45, 7) is 0.667. The van der Waals surface area contributed by atoms with Crippen LogP contribution in [0.1, 0.15) is 5.56 Å². The smallest absolute Gasteiger partial charge is 0.161 e. The van der Waals surface area contributed by atoms with E-state index in [2.05, 4.69) is 10.3 Å². The summed E-state index contributed by atoms with van der Waals surface area (Å²) in [6.07, 6.45) is 3.75. The highest BCUT2D eigenvalue weighted by Gasteiger charge is 2.10. The van der Waals surface area contributed by atoms with Crippen molar-refractivity contribution in [2.24, 2.45) is 0 Å². The molecular formula is C15H17ClN2O2S. The van der Waals surface area contributed by atoms with Gasteiger partial charge in [0.25, 0.3) is 0 Å². The number of aromatic nitrogens is 1. The highest BCUT2D eigenvalue weighted by molar-refractivity contribution is 7.98. The Balaban J connectivity index is 2.20. The first kappa shape index (κ1) is 15.8. The molecule has 2 aromatic rings. The molecule has 1 aromatic carbocycles. The molecule has 0 aliphatic carbocycles. The normalized spacial score (nSPS) is 10.3. The van der Waals surface area contributed by atoms with Crippen molar-refractivity contribution in [3.05, 3.63) is 41.2 Å². The van der Waals surface area contributed by atoms with Gasteiger partial charge in [0.15, 0.2) is 11.5 Å². The molecule has 0 bridgehead atoms. The zero-order valence-corrected chi connectivity index (χ0v) is 13.7. The summed E-state index contributed by atoms with van der Waals surface area (Å²) in [6, 6.07) is 7.63. The molecule has 0 unspecified atom stereocenters. The minimum absolute atomic E-state index is 0.483. The van der Waals surface area contributed by atoms with Crippen LogP contribution in [0.4, 0.5) is 5.69 Å². The Kier molecular flexibility index (Phi) is 5.59. The van der Waals surface area contributed by atoms with Crippen molar-refractivity contribution in [1.29, 1.82) is 0 Å². The molecule has 1 N–H and O–H groups in total. The molecule has 0 amide bonds. The fraction of sp³-hybridized carbons (Fsp3) is 0.267. The second kappa shape index (κ2) is 7.43. The Morgan fingerprint density at radius 1 is 1.19 bits per heavy atom. The molecule has 0 aliphatic heterocycles. The van der Waals surface area contributed by atoms with Crippen LogP contribution in [0.15, 0.2) is 35.4 Å². The van der Waals surface area contributed by atoms with Crippen LogP contribution in [-0.2, 0) is 6.54 Å². The van der Waals surface area contributed by atoms with Gasteiger partial charge in [-0.15, -0.1) is 11.8 Å². The molecule has 0 radical (unpaired) electrons. The van der Waals surface area contributed by atoms with E-state index in [0.717, 1.165) is 27.6 Å². The van der Waals surface area contributed by atoms with E-state index in [4.69, 9.17) is 21.1 Å². The van der Waals surface area contributed by atoms with Crippen LogP contribution in [0, 0.1) is 0 Å². The molecule has 0 atom stereocenters. The van der Waals surface area contributed by atoms with Crippen LogP contribution in [0.2, 0.25) is 5.15 Å². The average Bonchev–Trinajstić information content (AvgIpc) is 2.53. The standard InChI is InChI=1S/C15H17ClN2O2S/c1-19-12-6-10(14(21-3)7-13(12)20-2)8-17-11-4-5-15(16)18-9-11/h4-7,9,17H,8H2,1-3H3. The third kappa shape index (κ3) is 3.95. The monoisotopic (exact) mass is 324 g/mol. The lowest BCUT2D eigenvalue weighted by molar-refractivity contribution is 0.353. The molecular weight excluding hydrogens is 308 g/mol. The van der Waals surface area contributed by atoms with Crippen molar-refractivity contribution < 1.29 is 9.47 Å². The lowest BCUT2D eigenvalue weighted by Crippen LogP contribution is -2.02. The highest BCUT2D eigenvalue weighted by Crippen LogP contribution is 2.34. The van der Waals surface area contributed by atoms with Gasteiger partial charge in [0.05, 0.1) is 26.1 Å². The SMILES string of the molecule is COc1cc(CNc2ccc(Cl)nc2)c(SC)cc1OC. The molecule has 2 rings (SSSR count). The van der Waals surface area contributed by atoms with Crippen LogP contribution in [0.5, 0.6) is 11.5 Å². The van der Waals surface area contributed by atoms with Gasteiger partial charge in [-0.1, -0.05) is 11.6 Å². The van der Waals surface area contributed by atoms with Gasteiger partial charge in [-0.3, -0.25) is 0 Å². The van der Waals surface area contributed by atoms with Crippen molar-refractivity contribution >= 4 is 29.1 Å². The number of pyridine rings is 1. The van der Waals surface area contributed by atoms with E-state index in [1.807, 2.05) is 24.5 Å². The minimum atomic E-state index is 0.483. The number of nitrogens with one attached hydrogen (secondary N) is 1. The summed E-state index contributed by atoms with van der Waals surface area (Å²) in [5, 5.41) is 3.80. The van der Waals surface area contributed by atoms with Gasteiger partial charge >= 0.3 is 0 Å². The maximum absolute atomic E-state index is 5.78. The number of thioether (sulfide) groups is 1. The zero-order chi connectivity index (χ0) is 15.2. The molecule has 0 spiro atoms. The predicted molar refractivity (Wildman–Crippen MR) is 87.9 cm³/mol. The fourth-order valence-electron chi connectivity index (χ4n) is 1.91. The van der Waals surface area contributed by atoms with Crippen LogP contribution in [0.3, 0.4) is 0 Å². The van der Waals surface area contributed by atoms with Crippen LogP contribution >= 0.6 is 23.4 Å². The maximum atomic E-state index is 5.78. The first-order valence-corrected chi connectivity index (χ1v) is 7.92. The van der Waals surface area contributed by atoms with Crippen molar-refractivity contribution in [3.63, 3.8) is 0 Å². The Labute approximate surface area is 133 Å². The Hall–Kier alpha value is -1.59. The summed E-state index contributed by atoms with van der Waals surface area (Å²) >= 11 is 7.45. The van der Waals surface area contributed by atoms with E-state index in [1.54, 1.807) is 38.2 Å². The Morgan fingerprint density at radius 2 is 1.90 bits per heavy atom. The first-order chi connectivity index (χ1) is 10.2. The van der Waals surface area contributed by atoms with Gasteiger partial charge < -0.3 is 14.8 Å². The van der Waals surface area contributed by atoms with Crippen molar-refractivity contribution in [3.8, 4) is 11.5 Å². The number of hydrogen-bond acceptors (Lipinski definition) is 5. The van der Waals surface area contributed by atoms with E-state index in [9.17, 15) is 0 Å². The number of methoxy groups -OCH3 is 2. The number of hydrogen-bond donors (Lipinski definition) is 1. The number of ether oxygens (including phenoxy) is 2. The van der Waals surface area contributed by atoms with Gasteiger partial charge in [0.2, 0.25) is 0 Å². The summed E-state index contributed by atoms with van der Waals surface area (Å²) in [5.74, 6) is 1.46.